The fourth-order valence-electron chi connectivity index (χ4n) is 3.23. The van der Waals surface area contributed by atoms with Crippen LogP contribution in [0.5, 0.6) is 11.5 Å². The minimum Gasteiger partial charge on any atom is -0.493 e. The van der Waals surface area contributed by atoms with Crippen LogP contribution in [-0.2, 0) is 21.7 Å². The second-order valence-corrected chi connectivity index (χ2v) is 7.84. The van der Waals surface area contributed by atoms with Crippen LogP contribution in [-0.4, -0.2) is 43.5 Å². The van der Waals surface area contributed by atoms with E-state index in [2.05, 4.69) is 26.6 Å². The van der Waals surface area contributed by atoms with Gasteiger partial charge in [-0.3, -0.25) is 14.5 Å². The maximum absolute atomic E-state index is 12.9. The van der Waals surface area contributed by atoms with Crippen molar-refractivity contribution in [2.24, 2.45) is 0 Å². The Hall–Kier alpha value is -3.07. The summed E-state index contributed by atoms with van der Waals surface area (Å²) in [4.78, 5) is 38.6. The number of imide groups is 1. The highest BCUT2D eigenvalue weighted by molar-refractivity contribution is 9.10. The Morgan fingerprint density at radius 3 is 2.53 bits per heavy atom. The molecule has 0 bridgehead atoms. The maximum atomic E-state index is 12.9. The lowest BCUT2D eigenvalue weighted by Crippen LogP contribution is -2.43. The predicted octanol–water partition coefficient (Wildman–Crippen LogP) is 2.55. The van der Waals surface area contributed by atoms with E-state index in [1.807, 2.05) is 6.07 Å². The summed E-state index contributed by atoms with van der Waals surface area (Å²) in [6.45, 7) is 1.46. The van der Waals surface area contributed by atoms with E-state index in [1.54, 1.807) is 50.4 Å². The van der Waals surface area contributed by atoms with Gasteiger partial charge in [0, 0.05) is 11.0 Å². The van der Waals surface area contributed by atoms with E-state index in [-0.39, 0.29) is 13.1 Å². The molecule has 3 rings (SSSR count). The van der Waals surface area contributed by atoms with E-state index >= 15 is 0 Å². The Kier molecular flexibility index (Phi) is 6.31. The highest BCUT2D eigenvalue weighted by atomic mass is 79.9. The smallest absolute Gasteiger partial charge is 0.325 e. The molecule has 8 nitrogen and oxygen atoms in total. The number of rotatable bonds is 7. The average Bonchev–Trinajstić information content (AvgIpc) is 2.96. The highest BCUT2D eigenvalue weighted by Gasteiger charge is 2.49. The summed E-state index contributed by atoms with van der Waals surface area (Å²) in [7, 11) is 3.07. The van der Waals surface area contributed by atoms with Gasteiger partial charge < -0.3 is 20.1 Å². The molecule has 158 valence electrons. The lowest BCUT2D eigenvalue weighted by Gasteiger charge is -2.22. The number of amides is 4. The molecule has 0 spiro atoms. The van der Waals surface area contributed by atoms with Crippen LogP contribution in [0.15, 0.2) is 46.9 Å². The molecule has 2 aromatic carbocycles. The van der Waals surface area contributed by atoms with Crippen LogP contribution in [0.3, 0.4) is 0 Å². The summed E-state index contributed by atoms with van der Waals surface area (Å²) in [6.07, 6.45) is 0. The molecule has 30 heavy (non-hydrogen) atoms. The Labute approximate surface area is 182 Å². The van der Waals surface area contributed by atoms with Gasteiger partial charge in [-0.25, -0.2) is 4.79 Å². The zero-order chi connectivity index (χ0) is 21.9. The summed E-state index contributed by atoms with van der Waals surface area (Å²) in [6, 6.07) is 11.8. The Morgan fingerprint density at radius 1 is 1.13 bits per heavy atom. The van der Waals surface area contributed by atoms with Gasteiger partial charge in [-0.1, -0.05) is 34.1 Å². The molecule has 0 aliphatic carbocycles. The fraction of sp³-hybridized carbons (Fsp3) is 0.286. The van der Waals surface area contributed by atoms with Crippen molar-refractivity contribution < 1.29 is 23.9 Å². The lowest BCUT2D eigenvalue weighted by atomic mass is 9.92. The summed E-state index contributed by atoms with van der Waals surface area (Å²) in [5.74, 6) is 0.195. The van der Waals surface area contributed by atoms with Crippen molar-refractivity contribution in [2.75, 3.05) is 20.8 Å². The Morgan fingerprint density at radius 2 is 1.87 bits per heavy atom. The molecule has 1 atom stereocenters. The van der Waals surface area contributed by atoms with Gasteiger partial charge in [-0.05, 0) is 42.3 Å². The second-order valence-electron chi connectivity index (χ2n) is 6.92. The number of benzene rings is 2. The fourth-order valence-corrected chi connectivity index (χ4v) is 3.63. The van der Waals surface area contributed by atoms with E-state index in [0.29, 0.717) is 17.1 Å². The third kappa shape index (κ3) is 4.25. The topological polar surface area (TPSA) is 97.0 Å². The van der Waals surface area contributed by atoms with Gasteiger partial charge in [0.2, 0.25) is 5.91 Å². The van der Waals surface area contributed by atoms with Crippen molar-refractivity contribution in [3.8, 4) is 11.5 Å². The molecular formula is C21H22BrN3O5. The van der Waals surface area contributed by atoms with Gasteiger partial charge >= 0.3 is 6.03 Å². The van der Waals surface area contributed by atoms with Gasteiger partial charge in [0.25, 0.3) is 5.91 Å². The molecule has 1 aliphatic rings. The molecule has 2 N–H and O–H groups in total. The number of nitrogens with zero attached hydrogens (tertiary/aromatic N) is 1. The van der Waals surface area contributed by atoms with Crippen molar-refractivity contribution in [1.82, 2.24) is 15.5 Å². The molecule has 1 aliphatic heterocycles. The normalized spacial score (nSPS) is 18.2. The third-order valence-corrected chi connectivity index (χ3v) is 5.41. The molecule has 0 saturated carbocycles. The zero-order valence-corrected chi connectivity index (χ0v) is 18.4. The van der Waals surface area contributed by atoms with Crippen molar-refractivity contribution in [2.45, 2.75) is 19.0 Å². The largest absolute Gasteiger partial charge is 0.493 e. The molecule has 9 heteroatoms. The van der Waals surface area contributed by atoms with Gasteiger partial charge in [0.15, 0.2) is 11.5 Å². The van der Waals surface area contributed by atoms with Crippen LogP contribution < -0.4 is 20.1 Å². The number of hydrogen-bond donors (Lipinski definition) is 2. The third-order valence-electron chi connectivity index (χ3n) is 4.92. The van der Waals surface area contributed by atoms with Crippen LogP contribution in [0.25, 0.3) is 0 Å². The highest BCUT2D eigenvalue weighted by Crippen LogP contribution is 2.30. The van der Waals surface area contributed by atoms with Crippen LogP contribution in [0.2, 0.25) is 0 Å². The van der Waals surface area contributed by atoms with Crippen LogP contribution in [0.4, 0.5) is 4.79 Å². The number of methoxy groups -OCH3 is 2. The van der Waals surface area contributed by atoms with E-state index in [1.165, 1.54) is 7.11 Å². The average molecular weight is 476 g/mol. The van der Waals surface area contributed by atoms with E-state index < -0.39 is 23.4 Å². The molecule has 4 amide bonds. The molecule has 1 saturated heterocycles. The van der Waals surface area contributed by atoms with E-state index in [4.69, 9.17) is 9.47 Å². The zero-order valence-electron chi connectivity index (χ0n) is 16.8. The van der Waals surface area contributed by atoms with Gasteiger partial charge in [-0.2, -0.15) is 0 Å². The molecular weight excluding hydrogens is 454 g/mol. The molecule has 0 aromatic heterocycles. The standard InChI is InChI=1S/C21H22BrN3O5/c1-21(14-5-4-6-15(22)10-14)19(27)25(20(28)24-21)12-18(26)23-11-13-7-8-16(29-2)17(9-13)30-3/h4-10H,11-12H2,1-3H3,(H,23,26)(H,24,28)/t21-/m0/s1. The van der Waals surface area contributed by atoms with Crippen molar-refractivity contribution >= 4 is 33.8 Å². The number of nitrogens with one attached hydrogen (secondary N) is 2. The molecule has 2 aromatic rings. The summed E-state index contributed by atoms with van der Waals surface area (Å²) in [5, 5.41) is 5.40. The van der Waals surface area contributed by atoms with Gasteiger partial charge in [-0.15, -0.1) is 0 Å². The summed E-state index contributed by atoms with van der Waals surface area (Å²) in [5.41, 5.74) is 0.186. The van der Waals surface area contributed by atoms with Gasteiger partial charge in [0.05, 0.1) is 14.2 Å². The van der Waals surface area contributed by atoms with Crippen LogP contribution >= 0.6 is 15.9 Å². The minimum atomic E-state index is -1.23. The predicted molar refractivity (Wildman–Crippen MR) is 113 cm³/mol. The maximum Gasteiger partial charge on any atom is 0.325 e. The number of ether oxygens (including phenoxy) is 2. The summed E-state index contributed by atoms with van der Waals surface area (Å²) < 4.78 is 11.2. The second kappa shape index (κ2) is 8.74. The minimum absolute atomic E-state index is 0.214. The number of urea groups is 1. The quantitative estimate of drug-likeness (QED) is 0.599. The first-order valence-electron chi connectivity index (χ1n) is 9.16. The molecule has 0 unspecified atom stereocenters. The monoisotopic (exact) mass is 475 g/mol. The summed E-state index contributed by atoms with van der Waals surface area (Å²) >= 11 is 3.37. The van der Waals surface area contributed by atoms with E-state index in [9.17, 15) is 14.4 Å². The Bertz CT molecular complexity index is 996. The molecule has 1 heterocycles. The number of carbonyl (C=O) groups is 3. The molecule has 0 radical (unpaired) electrons. The number of halogens is 1. The first kappa shape index (κ1) is 21.6. The first-order valence-corrected chi connectivity index (χ1v) is 9.95. The van der Waals surface area contributed by atoms with Crippen molar-refractivity contribution in [3.63, 3.8) is 0 Å². The first-order chi connectivity index (χ1) is 14.3. The number of hydrogen-bond acceptors (Lipinski definition) is 5. The van der Waals surface area contributed by atoms with E-state index in [0.717, 1.165) is 14.9 Å². The SMILES string of the molecule is COc1ccc(CNC(=O)CN2C(=O)N[C@@](C)(c3cccc(Br)c3)C2=O)cc1OC. The lowest BCUT2D eigenvalue weighted by molar-refractivity contribution is -0.134. The van der Waals surface area contributed by atoms with Gasteiger partial charge in [0.1, 0.15) is 12.1 Å². The Balaban J connectivity index is 1.65. The van der Waals surface area contributed by atoms with Crippen LogP contribution in [0.1, 0.15) is 18.1 Å². The molecule has 1 fully saturated rings. The number of carbonyl (C=O) groups excluding carboxylic acids is 3. The van der Waals surface area contributed by atoms with Crippen molar-refractivity contribution in [1.29, 1.82) is 0 Å². The van der Waals surface area contributed by atoms with Crippen molar-refractivity contribution in [3.05, 3.63) is 58.1 Å². The van der Waals surface area contributed by atoms with Crippen LogP contribution in [0, 0.1) is 0 Å².